The summed E-state index contributed by atoms with van der Waals surface area (Å²) in [5, 5.41) is 9.61. The van der Waals surface area contributed by atoms with Crippen LogP contribution in [0, 0.1) is 17.0 Å². The summed E-state index contributed by atoms with van der Waals surface area (Å²) >= 11 is 0. The third kappa shape index (κ3) is 2.15. The maximum Gasteiger partial charge on any atom is 0.258 e. The van der Waals surface area contributed by atoms with Gasteiger partial charge in [0.15, 0.2) is 0 Å². The maximum atomic E-state index is 14.2. The largest absolute Gasteiger partial charge is 0.275 e. The lowest BCUT2D eigenvalue weighted by molar-refractivity contribution is -0.182. The first-order valence-corrected chi connectivity index (χ1v) is 8.90. The van der Waals surface area contributed by atoms with Gasteiger partial charge in [0.2, 0.25) is 0 Å². The zero-order chi connectivity index (χ0) is 19.6. The van der Waals surface area contributed by atoms with Crippen molar-refractivity contribution < 1.29 is 18.4 Å². The van der Waals surface area contributed by atoms with Crippen molar-refractivity contribution in [3.8, 4) is 11.3 Å². The molecule has 4 rings (SSSR count). The number of carbonyl (C=O) groups excluding carboxylic acids is 1. The van der Waals surface area contributed by atoms with Crippen LogP contribution >= 0.6 is 0 Å². The van der Waals surface area contributed by atoms with Crippen LogP contribution in [0.25, 0.3) is 11.3 Å². The molecule has 1 saturated carbocycles. The highest BCUT2D eigenvalue weighted by atomic mass is 19.1. The highest BCUT2D eigenvalue weighted by Gasteiger charge is 2.67. The van der Waals surface area contributed by atoms with Gasteiger partial charge in [0.1, 0.15) is 11.6 Å². The molecule has 1 aromatic heterocycles. The number of hydrogen-bond acceptors (Lipinski definition) is 4. The van der Waals surface area contributed by atoms with E-state index in [0.29, 0.717) is 5.69 Å². The summed E-state index contributed by atoms with van der Waals surface area (Å²) in [5.41, 5.74) is 0.132. The molecule has 1 aromatic carbocycles. The van der Waals surface area contributed by atoms with Crippen LogP contribution in [-0.4, -0.2) is 35.3 Å². The topological polar surface area (TPSA) is 55.3 Å². The van der Waals surface area contributed by atoms with Gasteiger partial charge in [-0.05, 0) is 54.9 Å². The van der Waals surface area contributed by atoms with Crippen LogP contribution in [0.3, 0.4) is 0 Å². The first-order chi connectivity index (χ1) is 12.8. The number of carbonyl (C=O) groups is 1. The number of halogens is 2. The summed E-state index contributed by atoms with van der Waals surface area (Å²) in [4.78, 5) is 18.3. The molecule has 1 fully saturated rings. The zero-order valence-electron chi connectivity index (χ0n) is 15.7. The van der Waals surface area contributed by atoms with E-state index in [1.54, 1.807) is 13.1 Å². The van der Waals surface area contributed by atoms with Crippen LogP contribution in [0.1, 0.15) is 43.9 Å². The number of nitrogens with zero attached hydrogens (tertiary/aromatic N) is 3. The molecule has 0 aliphatic heterocycles. The van der Waals surface area contributed by atoms with Crippen LogP contribution in [0.4, 0.5) is 8.78 Å². The molecule has 2 aliphatic carbocycles. The van der Waals surface area contributed by atoms with Crippen LogP contribution in [0.2, 0.25) is 0 Å². The Morgan fingerprint density at radius 1 is 1.26 bits per heavy atom. The molecule has 2 unspecified atom stereocenters. The summed E-state index contributed by atoms with van der Waals surface area (Å²) in [5.74, 6) is -1.47. The fourth-order valence-corrected chi connectivity index (χ4v) is 4.76. The third-order valence-corrected chi connectivity index (χ3v) is 6.74. The van der Waals surface area contributed by atoms with Gasteiger partial charge >= 0.3 is 0 Å². The zero-order valence-corrected chi connectivity index (χ0v) is 15.7. The Morgan fingerprint density at radius 3 is 2.48 bits per heavy atom. The summed E-state index contributed by atoms with van der Waals surface area (Å²) in [7, 11) is 3.01. The Labute approximate surface area is 156 Å². The number of amides is 1. The van der Waals surface area contributed by atoms with Gasteiger partial charge in [-0.15, -0.1) is 5.10 Å². The van der Waals surface area contributed by atoms with E-state index in [4.69, 9.17) is 4.84 Å². The number of hydroxylamine groups is 2. The van der Waals surface area contributed by atoms with E-state index in [2.05, 4.69) is 17.1 Å². The third-order valence-electron chi connectivity index (χ3n) is 6.74. The van der Waals surface area contributed by atoms with E-state index in [9.17, 15) is 13.6 Å². The predicted octanol–water partition coefficient (Wildman–Crippen LogP) is 3.60. The van der Waals surface area contributed by atoms with Crippen molar-refractivity contribution in [2.75, 3.05) is 14.2 Å². The van der Waals surface area contributed by atoms with Gasteiger partial charge in [-0.2, -0.15) is 5.10 Å². The van der Waals surface area contributed by atoms with E-state index in [0.717, 1.165) is 18.4 Å². The fourth-order valence-electron chi connectivity index (χ4n) is 4.76. The molecule has 142 valence electrons. The molecule has 0 radical (unpaired) electrons. The minimum Gasteiger partial charge on any atom is -0.275 e. The van der Waals surface area contributed by atoms with Gasteiger partial charge in [0.05, 0.1) is 29.5 Å². The molecule has 0 N–H and O–H groups in total. The van der Waals surface area contributed by atoms with Crippen LogP contribution < -0.4 is 0 Å². The van der Waals surface area contributed by atoms with Crippen molar-refractivity contribution in [3.05, 3.63) is 47.2 Å². The van der Waals surface area contributed by atoms with Crippen molar-refractivity contribution in [1.82, 2.24) is 15.3 Å². The predicted molar refractivity (Wildman–Crippen MR) is 94.6 cm³/mol. The lowest BCUT2D eigenvalue weighted by Gasteiger charge is -2.51. The molecule has 1 heterocycles. The van der Waals surface area contributed by atoms with Gasteiger partial charge in [-0.25, -0.2) is 13.8 Å². The van der Waals surface area contributed by atoms with Crippen molar-refractivity contribution in [1.29, 1.82) is 0 Å². The number of rotatable bonds is 3. The Kier molecular flexibility index (Phi) is 3.86. The second kappa shape index (κ2) is 5.79. The average Bonchev–Trinajstić information content (AvgIpc) is 2.76. The molecule has 7 heteroatoms. The Hall–Kier alpha value is -2.41. The number of likely N-dealkylation sites (N-methyl/N-ethyl adjacent to an activating group) is 1. The summed E-state index contributed by atoms with van der Waals surface area (Å²) in [6, 6.07) is 5.40. The van der Waals surface area contributed by atoms with E-state index in [-0.39, 0.29) is 28.5 Å². The second-order valence-corrected chi connectivity index (χ2v) is 7.75. The van der Waals surface area contributed by atoms with E-state index in [1.165, 1.54) is 30.4 Å². The Morgan fingerprint density at radius 2 is 1.93 bits per heavy atom. The minimum absolute atomic E-state index is 0.0933. The van der Waals surface area contributed by atoms with Crippen molar-refractivity contribution >= 4 is 5.91 Å². The number of aromatic nitrogens is 2. The Bertz CT molecular complexity index is 931. The first kappa shape index (κ1) is 18.0. The molecule has 2 aliphatic rings. The summed E-state index contributed by atoms with van der Waals surface area (Å²) < 4.78 is 28.4. The molecule has 3 atom stereocenters. The van der Waals surface area contributed by atoms with E-state index < -0.39 is 17.0 Å². The van der Waals surface area contributed by atoms with Crippen LogP contribution in [0.5, 0.6) is 0 Å². The minimum atomic E-state index is -0.907. The van der Waals surface area contributed by atoms with E-state index in [1.807, 2.05) is 6.92 Å². The van der Waals surface area contributed by atoms with Crippen molar-refractivity contribution in [2.45, 2.75) is 38.0 Å². The number of benzene rings is 1. The normalized spacial score (nSPS) is 28.3. The number of fused-ring (bicyclic) bond motifs is 3. The number of hydrogen-bond donors (Lipinski definition) is 0. The molecule has 0 saturated heterocycles. The van der Waals surface area contributed by atoms with Gasteiger partial charge in [-0.1, -0.05) is 13.0 Å². The van der Waals surface area contributed by atoms with Crippen molar-refractivity contribution in [3.63, 3.8) is 0 Å². The average molecular weight is 373 g/mol. The smallest absolute Gasteiger partial charge is 0.258 e. The monoisotopic (exact) mass is 373 g/mol. The van der Waals surface area contributed by atoms with Crippen LogP contribution in [0.15, 0.2) is 24.3 Å². The SMILES string of the molecule is CON(C)C(=O)C1(C)c2nnc(-c3c(F)cccc3F)cc2[C@H]2CCC21C. The summed E-state index contributed by atoms with van der Waals surface area (Å²) in [6.45, 7) is 3.93. The lowest BCUT2D eigenvalue weighted by Crippen LogP contribution is -2.55. The molecule has 0 spiro atoms. The summed E-state index contributed by atoms with van der Waals surface area (Å²) in [6.07, 6.45) is 1.76. The van der Waals surface area contributed by atoms with Crippen molar-refractivity contribution in [2.24, 2.45) is 5.41 Å². The molecule has 0 bridgehead atoms. The fraction of sp³-hybridized carbons (Fsp3) is 0.450. The lowest BCUT2D eigenvalue weighted by atomic mass is 9.52. The molecule has 5 nitrogen and oxygen atoms in total. The van der Waals surface area contributed by atoms with Gasteiger partial charge in [-0.3, -0.25) is 9.63 Å². The Balaban J connectivity index is 1.89. The molecular formula is C20H21F2N3O2. The highest BCUT2D eigenvalue weighted by molar-refractivity contribution is 5.90. The first-order valence-electron chi connectivity index (χ1n) is 8.90. The highest BCUT2D eigenvalue weighted by Crippen LogP contribution is 2.68. The molecular weight excluding hydrogens is 352 g/mol. The van der Waals surface area contributed by atoms with Gasteiger partial charge < -0.3 is 0 Å². The molecule has 27 heavy (non-hydrogen) atoms. The van der Waals surface area contributed by atoms with Crippen LogP contribution in [-0.2, 0) is 15.0 Å². The standard InChI is InChI=1S/C20H21F2N3O2/c1-19-9-8-12(19)11-10-15(16-13(21)6-5-7-14(16)22)23-24-17(11)20(19,2)18(26)25(3)27-4/h5-7,10,12H,8-9H2,1-4H3/t12-,19?,20?/m1/s1. The second-order valence-electron chi connectivity index (χ2n) is 7.75. The quantitative estimate of drug-likeness (QED) is 0.772. The molecule has 2 aromatic rings. The van der Waals surface area contributed by atoms with Gasteiger partial charge in [0.25, 0.3) is 5.91 Å². The van der Waals surface area contributed by atoms with Gasteiger partial charge in [0, 0.05) is 7.05 Å². The molecule has 1 amide bonds. The van der Waals surface area contributed by atoms with E-state index >= 15 is 0 Å². The maximum absolute atomic E-state index is 14.2.